The van der Waals surface area contributed by atoms with Gasteiger partial charge >= 0.3 is 0 Å². The van der Waals surface area contributed by atoms with Crippen LogP contribution in [0, 0.1) is 0 Å². The molecule has 0 saturated carbocycles. The van der Waals surface area contributed by atoms with Crippen LogP contribution in [-0.2, 0) is 10.0 Å². The zero-order valence-corrected chi connectivity index (χ0v) is 8.91. The predicted molar refractivity (Wildman–Crippen MR) is 52.7 cm³/mol. The number of nitrogens with zero attached hydrogens (tertiary/aromatic N) is 1. The van der Waals surface area contributed by atoms with Gasteiger partial charge in [0.05, 0.1) is 16.3 Å². The maximum atomic E-state index is 10.8. The van der Waals surface area contributed by atoms with Gasteiger partial charge in [0.2, 0.25) is 10.0 Å². The predicted octanol–water partition coefficient (Wildman–Crippen LogP) is 1.76. The maximum absolute atomic E-state index is 10.8. The Labute approximate surface area is 85.9 Å². The standard InChI is InChI=1S/C6H6Cl2N2O2S/c1-13(11,12)10-6-2-4(7)5(8)3-9-6/h2-3H,1H3,(H,9,10). The molecule has 0 spiro atoms. The molecule has 4 nitrogen and oxygen atoms in total. The van der Waals surface area contributed by atoms with E-state index in [1.54, 1.807) is 0 Å². The van der Waals surface area contributed by atoms with E-state index in [1.165, 1.54) is 12.3 Å². The molecule has 0 atom stereocenters. The van der Waals surface area contributed by atoms with Crippen molar-refractivity contribution in [2.45, 2.75) is 0 Å². The summed E-state index contributed by atoms with van der Waals surface area (Å²) in [5.41, 5.74) is 0. The van der Waals surface area contributed by atoms with Crippen LogP contribution in [0.15, 0.2) is 12.3 Å². The number of nitrogens with one attached hydrogen (secondary N) is 1. The Morgan fingerprint density at radius 3 is 2.46 bits per heavy atom. The number of pyridine rings is 1. The SMILES string of the molecule is CS(=O)(=O)Nc1cc(Cl)c(Cl)cn1. The minimum Gasteiger partial charge on any atom is -0.268 e. The van der Waals surface area contributed by atoms with E-state index in [-0.39, 0.29) is 15.9 Å². The molecule has 0 aliphatic carbocycles. The lowest BCUT2D eigenvalue weighted by molar-refractivity contribution is 0.606. The Morgan fingerprint density at radius 2 is 2.00 bits per heavy atom. The first kappa shape index (κ1) is 10.6. The lowest BCUT2D eigenvalue weighted by Gasteiger charge is -2.02. The Hall–Kier alpha value is -0.520. The van der Waals surface area contributed by atoms with Crippen molar-refractivity contribution in [3.63, 3.8) is 0 Å². The molecule has 1 aromatic rings. The van der Waals surface area contributed by atoms with Gasteiger partial charge in [-0.15, -0.1) is 0 Å². The van der Waals surface area contributed by atoms with Crippen molar-refractivity contribution < 1.29 is 8.42 Å². The largest absolute Gasteiger partial charge is 0.268 e. The van der Waals surface area contributed by atoms with Gasteiger partial charge in [-0.3, -0.25) is 4.72 Å². The molecule has 0 saturated heterocycles. The number of halogens is 2. The van der Waals surface area contributed by atoms with Gasteiger partial charge in [0, 0.05) is 12.3 Å². The van der Waals surface area contributed by atoms with Gasteiger partial charge in [-0.2, -0.15) is 0 Å². The minimum atomic E-state index is -3.32. The second-order valence-electron chi connectivity index (χ2n) is 2.36. The Morgan fingerprint density at radius 1 is 1.38 bits per heavy atom. The zero-order chi connectivity index (χ0) is 10.1. The summed E-state index contributed by atoms with van der Waals surface area (Å²) in [5.74, 6) is 0.150. The third-order valence-electron chi connectivity index (χ3n) is 1.10. The lowest BCUT2D eigenvalue weighted by Crippen LogP contribution is -2.10. The molecule has 0 bridgehead atoms. The normalized spacial score (nSPS) is 11.3. The Balaban J connectivity index is 2.99. The topological polar surface area (TPSA) is 59.1 Å². The van der Waals surface area contributed by atoms with Crippen molar-refractivity contribution in [3.8, 4) is 0 Å². The van der Waals surface area contributed by atoms with Gasteiger partial charge < -0.3 is 0 Å². The second-order valence-corrected chi connectivity index (χ2v) is 4.92. The summed E-state index contributed by atoms with van der Waals surface area (Å²) >= 11 is 11.2. The summed E-state index contributed by atoms with van der Waals surface area (Å²) < 4.78 is 23.7. The van der Waals surface area contributed by atoms with Gasteiger partial charge in [0.25, 0.3) is 0 Å². The molecule has 0 fully saturated rings. The van der Waals surface area contributed by atoms with E-state index in [9.17, 15) is 8.42 Å². The number of aromatic nitrogens is 1. The van der Waals surface area contributed by atoms with Crippen LogP contribution in [0.3, 0.4) is 0 Å². The molecular weight excluding hydrogens is 235 g/mol. The van der Waals surface area contributed by atoms with E-state index < -0.39 is 10.0 Å². The highest BCUT2D eigenvalue weighted by molar-refractivity contribution is 7.92. The molecule has 72 valence electrons. The van der Waals surface area contributed by atoms with Crippen LogP contribution >= 0.6 is 23.2 Å². The van der Waals surface area contributed by atoms with Crippen LogP contribution in [0.2, 0.25) is 10.0 Å². The van der Waals surface area contributed by atoms with Gasteiger partial charge in [0.1, 0.15) is 5.82 Å². The molecule has 1 N–H and O–H groups in total. The molecule has 1 rings (SSSR count). The van der Waals surface area contributed by atoms with E-state index in [2.05, 4.69) is 9.71 Å². The van der Waals surface area contributed by atoms with Crippen LogP contribution in [0.1, 0.15) is 0 Å². The smallest absolute Gasteiger partial charge is 0.230 e. The average molecular weight is 241 g/mol. The summed E-state index contributed by atoms with van der Waals surface area (Å²) in [5, 5.41) is 0.531. The highest BCUT2D eigenvalue weighted by Gasteiger charge is 2.05. The summed E-state index contributed by atoms with van der Waals surface area (Å²) in [7, 11) is -3.32. The third kappa shape index (κ3) is 3.38. The Bertz CT molecular complexity index is 419. The van der Waals surface area contributed by atoms with E-state index in [1.807, 2.05) is 0 Å². The fraction of sp³-hybridized carbons (Fsp3) is 0.167. The molecule has 0 aliphatic heterocycles. The van der Waals surface area contributed by atoms with Crippen molar-refractivity contribution in [1.82, 2.24) is 4.98 Å². The van der Waals surface area contributed by atoms with Crippen molar-refractivity contribution in [2.24, 2.45) is 0 Å². The van der Waals surface area contributed by atoms with Crippen LogP contribution in [-0.4, -0.2) is 19.7 Å². The summed E-state index contributed by atoms with van der Waals surface area (Å²) in [6.07, 6.45) is 2.30. The first-order chi connectivity index (χ1) is 5.88. The molecule has 0 amide bonds. The molecule has 0 aliphatic rings. The average Bonchev–Trinajstić information content (AvgIpc) is 1.94. The molecular formula is C6H6Cl2N2O2S. The summed E-state index contributed by atoms with van der Waals surface area (Å²) in [6, 6.07) is 1.34. The number of rotatable bonds is 2. The lowest BCUT2D eigenvalue weighted by atomic mass is 10.5. The first-order valence-electron chi connectivity index (χ1n) is 3.17. The van der Waals surface area contributed by atoms with Crippen LogP contribution in [0.25, 0.3) is 0 Å². The molecule has 1 aromatic heterocycles. The van der Waals surface area contributed by atoms with Crippen molar-refractivity contribution >= 4 is 39.0 Å². The van der Waals surface area contributed by atoms with Crippen molar-refractivity contribution in [2.75, 3.05) is 11.0 Å². The van der Waals surface area contributed by atoms with E-state index in [4.69, 9.17) is 23.2 Å². The summed E-state index contributed by atoms with van der Waals surface area (Å²) in [6.45, 7) is 0. The summed E-state index contributed by atoms with van der Waals surface area (Å²) in [4.78, 5) is 3.72. The van der Waals surface area contributed by atoms with E-state index in [0.717, 1.165) is 6.26 Å². The molecule has 0 unspecified atom stereocenters. The highest BCUT2D eigenvalue weighted by atomic mass is 35.5. The van der Waals surface area contributed by atoms with Gasteiger partial charge in [-0.25, -0.2) is 13.4 Å². The van der Waals surface area contributed by atoms with E-state index >= 15 is 0 Å². The Kier molecular flexibility index (Phi) is 3.00. The highest BCUT2D eigenvalue weighted by Crippen LogP contribution is 2.22. The number of anilines is 1. The zero-order valence-electron chi connectivity index (χ0n) is 6.58. The molecule has 7 heteroatoms. The van der Waals surface area contributed by atoms with Crippen molar-refractivity contribution in [3.05, 3.63) is 22.3 Å². The maximum Gasteiger partial charge on any atom is 0.230 e. The molecule has 0 aromatic carbocycles. The fourth-order valence-electron chi connectivity index (χ4n) is 0.660. The number of hydrogen-bond donors (Lipinski definition) is 1. The van der Waals surface area contributed by atoms with E-state index in [0.29, 0.717) is 0 Å². The number of hydrogen-bond acceptors (Lipinski definition) is 3. The van der Waals surface area contributed by atoms with Crippen LogP contribution < -0.4 is 4.72 Å². The van der Waals surface area contributed by atoms with Crippen LogP contribution in [0.5, 0.6) is 0 Å². The van der Waals surface area contributed by atoms with Crippen LogP contribution in [0.4, 0.5) is 5.82 Å². The molecule has 0 radical (unpaired) electrons. The monoisotopic (exact) mass is 240 g/mol. The minimum absolute atomic E-state index is 0.150. The van der Waals surface area contributed by atoms with Crippen molar-refractivity contribution in [1.29, 1.82) is 0 Å². The van der Waals surface area contributed by atoms with Gasteiger partial charge in [0.15, 0.2) is 0 Å². The van der Waals surface area contributed by atoms with Gasteiger partial charge in [-0.1, -0.05) is 23.2 Å². The molecule has 13 heavy (non-hydrogen) atoms. The third-order valence-corrected chi connectivity index (χ3v) is 2.39. The molecule has 1 heterocycles. The fourth-order valence-corrected chi connectivity index (χ4v) is 1.41. The van der Waals surface area contributed by atoms with Gasteiger partial charge in [-0.05, 0) is 0 Å². The quantitative estimate of drug-likeness (QED) is 0.858. The second kappa shape index (κ2) is 3.69. The number of sulfonamides is 1. The first-order valence-corrected chi connectivity index (χ1v) is 5.82.